The van der Waals surface area contributed by atoms with Crippen LogP contribution in [-0.4, -0.2) is 50.3 Å². The molecule has 35 heavy (non-hydrogen) atoms. The highest BCUT2D eigenvalue weighted by atomic mass is 16.6. The number of hydrogen-bond donors (Lipinski definition) is 5. The number of aliphatic hydroxyl groups is 2. The lowest BCUT2D eigenvalue weighted by atomic mass is 9.73. The van der Waals surface area contributed by atoms with Gasteiger partial charge in [0.25, 0.3) is 0 Å². The average molecular weight is 475 g/mol. The van der Waals surface area contributed by atoms with E-state index in [0.717, 1.165) is 0 Å². The molecule has 0 spiro atoms. The molecule has 0 fully saturated rings. The van der Waals surface area contributed by atoms with Crippen molar-refractivity contribution in [3.63, 3.8) is 0 Å². The molecule has 178 valence electrons. The van der Waals surface area contributed by atoms with Crippen molar-refractivity contribution in [2.24, 2.45) is 0 Å². The van der Waals surface area contributed by atoms with Crippen LogP contribution in [0.2, 0.25) is 0 Å². The molecule has 0 heterocycles. The fourth-order valence-corrected chi connectivity index (χ4v) is 4.77. The first-order valence-corrected chi connectivity index (χ1v) is 10.9. The van der Waals surface area contributed by atoms with E-state index in [1.165, 1.54) is 12.1 Å². The van der Waals surface area contributed by atoms with Gasteiger partial charge in [0.1, 0.15) is 23.7 Å². The number of aliphatic hydroxyl groups excluding tert-OH is 1. The number of anilines is 1. The maximum atomic E-state index is 13.1. The lowest BCUT2D eigenvalue weighted by Crippen LogP contribution is -2.43. The third-order valence-electron chi connectivity index (χ3n) is 6.36. The van der Waals surface area contributed by atoms with Gasteiger partial charge in [0.05, 0.1) is 17.2 Å². The Morgan fingerprint density at radius 1 is 0.943 bits per heavy atom. The summed E-state index contributed by atoms with van der Waals surface area (Å²) in [5, 5.41) is 46.3. The number of ketones is 2. The zero-order valence-electron chi connectivity index (χ0n) is 18.3. The number of fused-ring (bicyclic) bond motifs is 3. The smallest absolute Gasteiger partial charge is 0.411 e. The van der Waals surface area contributed by atoms with Gasteiger partial charge >= 0.3 is 6.09 Å². The second kappa shape index (κ2) is 8.23. The molecule has 2 aliphatic carbocycles. The minimum Gasteiger partial charge on any atom is -0.507 e. The van der Waals surface area contributed by atoms with Gasteiger partial charge in [-0.2, -0.15) is 0 Å². The normalized spacial score (nSPS) is 20.5. The number of aromatic hydroxyl groups is 2. The fraction of sp³-hybridized carbons (Fsp3) is 0.192. The summed E-state index contributed by atoms with van der Waals surface area (Å²) < 4.78 is 5.14. The maximum absolute atomic E-state index is 13.1. The van der Waals surface area contributed by atoms with Crippen LogP contribution >= 0.6 is 0 Å². The van der Waals surface area contributed by atoms with Crippen molar-refractivity contribution in [1.29, 1.82) is 0 Å². The van der Waals surface area contributed by atoms with E-state index in [1.54, 1.807) is 42.5 Å². The Labute approximate surface area is 199 Å². The quantitative estimate of drug-likeness (QED) is 0.284. The zero-order valence-corrected chi connectivity index (χ0v) is 18.3. The number of nitrogens with one attached hydrogen (secondary N) is 1. The van der Waals surface area contributed by atoms with E-state index < -0.39 is 47.5 Å². The molecular weight excluding hydrogens is 454 g/mol. The Morgan fingerprint density at radius 2 is 1.51 bits per heavy atom. The summed E-state index contributed by atoms with van der Waals surface area (Å²) in [6, 6.07) is 14.6. The minimum atomic E-state index is -1.81. The molecule has 5 N–H and O–H groups in total. The van der Waals surface area contributed by atoms with E-state index in [9.17, 15) is 34.8 Å². The number of ether oxygens (including phenoxy) is 1. The number of phenols is 2. The van der Waals surface area contributed by atoms with Crippen LogP contribution in [0.4, 0.5) is 10.5 Å². The van der Waals surface area contributed by atoms with Crippen molar-refractivity contribution >= 4 is 23.3 Å². The molecule has 3 aromatic rings. The molecule has 0 radical (unpaired) electrons. The molecule has 3 aromatic carbocycles. The zero-order chi connectivity index (χ0) is 24.9. The Hall–Kier alpha value is -4.21. The Kier molecular flexibility index (Phi) is 5.31. The maximum Gasteiger partial charge on any atom is 0.411 e. The lowest BCUT2D eigenvalue weighted by molar-refractivity contribution is -0.0613. The molecule has 1 amide bonds. The third kappa shape index (κ3) is 3.71. The van der Waals surface area contributed by atoms with Crippen molar-refractivity contribution in [2.75, 3.05) is 11.9 Å². The molecule has 0 unspecified atom stereocenters. The predicted octanol–water partition coefficient (Wildman–Crippen LogP) is 2.83. The van der Waals surface area contributed by atoms with Crippen molar-refractivity contribution in [3.05, 3.63) is 88.0 Å². The van der Waals surface area contributed by atoms with Gasteiger partial charge in [-0.3, -0.25) is 14.9 Å². The van der Waals surface area contributed by atoms with Crippen LogP contribution in [0.1, 0.15) is 55.5 Å². The van der Waals surface area contributed by atoms with Crippen LogP contribution in [-0.2, 0) is 11.2 Å². The molecule has 0 saturated carbocycles. The summed E-state index contributed by atoms with van der Waals surface area (Å²) in [6.45, 7) is -0.533. The van der Waals surface area contributed by atoms with Gasteiger partial charge in [-0.05, 0) is 12.1 Å². The number of benzene rings is 3. The van der Waals surface area contributed by atoms with Gasteiger partial charge in [-0.1, -0.05) is 42.5 Å². The topological polar surface area (TPSA) is 153 Å². The van der Waals surface area contributed by atoms with E-state index in [1.807, 2.05) is 0 Å². The molecule has 9 heteroatoms. The second-order valence-corrected chi connectivity index (χ2v) is 8.73. The predicted molar refractivity (Wildman–Crippen MR) is 123 cm³/mol. The van der Waals surface area contributed by atoms with Crippen LogP contribution in [0, 0.1) is 0 Å². The number of hydrogen-bond acceptors (Lipinski definition) is 8. The minimum absolute atomic E-state index is 0.0761. The molecule has 2 atom stereocenters. The molecule has 9 nitrogen and oxygen atoms in total. The summed E-state index contributed by atoms with van der Waals surface area (Å²) in [5.74, 6) is -2.53. The molecule has 0 saturated heterocycles. The summed E-state index contributed by atoms with van der Waals surface area (Å²) in [7, 11) is 0. The van der Waals surface area contributed by atoms with Gasteiger partial charge < -0.3 is 25.2 Å². The number of amides is 1. The number of rotatable bonds is 3. The third-order valence-corrected chi connectivity index (χ3v) is 6.36. The van der Waals surface area contributed by atoms with Crippen LogP contribution in [0.5, 0.6) is 11.5 Å². The van der Waals surface area contributed by atoms with Crippen molar-refractivity contribution in [3.8, 4) is 11.5 Å². The summed E-state index contributed by atoms with van der Waals surface area (Å²) in [4.78, 5) is 38.3. The first-order valence-electron chi connectivity index (χ1n) is 10.9. The van der Waals surface area contributed by atoms with Crippen molar-refractivity contribution in [2.45, 2.75) is 24.5 Å². The average Bonchev–Trinajstić information content (AvgIpc) is 2.84. The van der Waals surface area contributed by atoms with Gasteiger partial charge in [-0.15, -0.1) is 0 Å². The highest BCUT2D eigenvalue weighted by Crippen LogP contribution is 2.50. The van der Waals surface area contributed by atoms with Gasteiger partial charge in [-0.25, -0.2) is 4.79 Å². The molecule has 2 aliphatic rings. The Bertz CT molecular complexity index is 1380. The summed E-state index contributed by atoms with van der Waals surface area (Å²) in [6.07, 6.45) is -3.02. The lowest BCUT2D eigenvalue weighted by Gasteiger charge is -2.37. The molecule has 0 bridgehead atoms. The van der Waals surface area contributed by atoms with Gasteiger partial charge in [0.15, 0.2) is 11.6 Å². The van der Waals surface area contributed by atoms with Crippen LogP contribution in [0.15, 0.2) is 54.6 Å². The molecule has 5 rings (SSSR count). The van der Waals surface area contributed by atoms with Crippen molar-refractivity contribution in [1.82, 2.24) is 0 Å². The number of carbonyl (C=O) groups is 3. The van der Waals surface area contributed by atoms with Crippen LogP contribution in [0.3, 0.4) is 0 Å². The molecular formula is C26H21NO8. The van der Waals surface area contributed by atoms with Gasteiger partial charge in [0.2, 0.25) is 0 Å². The monoisotopic (exact) mass is 475 g/mol. The Balaban J connectivity index is 1.47. The Morgan fingerprint density at radius 3 is 2.14 bits per heavy atom. The van der Waals surface area contributed by atoms with E-state index in [2.05, 4.69) is 5.32 Å². The number of para-hydroxylation sites is 1. The highest BCUT2D eigenvalue weighted by Gasteiger charge is 2.45. The first kappa shape index (κ1) is 22.6. The second-order valence-electron chi connectivity index (χ2n) is 8.73. The van der Waals surface area contributed by atoms with E-state index in [0.29, 0.717) is 5.69 Å². The molecule has 0 aromatic heterocycles. The van der Waals surface area contributed by atoms with Gasteiger partial charge in [0, 0.05) is 40.8 Å². The van der Waals surface area contributed by atoms with E-state index in [4.69, 9.17) is 4.74 Å². The summed E-state index contributed by atoms with van der Waals surface area (Å²) >= 11 is 0. The summed E-state index contributed by atoms with van der Waals surface area (Å²) in [5.41, 5.74) is -2.16. The number of carbonyl (C=O) groups excluding carboxylic acids is 3. The van der Waals surface area contributed by atoms with E-state index >= 15 is 0 Å². The number of phenolic OH excluding ortho intramolecular Hbond substituents is 2. The van der Waals surface area contributed by atoms with Crippen molar-refractivity contribution < 1.29 is 39.5 Å². The van der Waals surface area contributed by atoms with Crippen LogP contribution < -0.4 is 5.32 Å². The van der Waals surface area contributed by atoms with E-state index in [-0.39, 0.29) is 46.2 Å². The first-order chi connectivity index (χ1) is 16.7. The largest absolute Gasteiger partial charge is 0.507 e. The molecule has 0 aliphatic heterocycles. The fourth-order valence-electron chi connectivity index (χ4n) is 4.77. The standard InChI is InChI=1S/C26H21NO8/c28-17-11-26(34,12-35-25(33)27-13-6-2-1-3-7-13)10-16-18(17)24(32)20-19(23(16)31)21(29)14-8-4-5-9-15(14)22(20)30/h1-9,17,28,31-32,34H,10-12H2,(H,27,33)/t17-,26-/m0/s1. The van der Waals surface area contributed by atoms with Crippen LogP contribution in [0.25, 0.3) is 0 Å². The SMILES string of the molecule is O=C(Nc1ccccc1)OC[C@]1(O)Cc2c(O)c3c(c(O)c2[C@@H](O)C1)C(=O)c1ccccc1C3=O. The highest BCUT2D eigenvalue weighted by molar-refractivity contribution is 6.30.